The molecule has 10 heteroatoms. The predicted molar refractivity (Wildman–Crippen MR) is 107 cm³/mol. The maximum atomic E-state index is 12.9. The molecule has 0 aliphatic carbocycles. The van der Waals surface area contributed by atoms with Crippen molar-refractivity contribution in [2.24, 2.45) is 5.92 Å². The van der Waals surface area contributed by atoms with Crippen LogP contribution in [0.2, 0.25) is 0 Å². The summed E-state index contributed by atoms with van der Waals surface area (Å²) < 4.78 is 37.8. The van der Waals surface area contributed by atoms with Crippen molar-refractivity contribution in [3.63, 3.8) is 0 Å². The molecule has 0 radical (unpaired) electrons. The number of hydrogen-bond acceptors (Lipinski definition) is 6. The number of nitrogens with zero attached hydrogens (tertiary/aromatic N) is 3. The molecule has 0 saturated carbocycles. The van der Waals surface area contributed by atoms with Crippen molar-refractivity contribution < 1.29 is 27.5 Å². The van der Waals surface area contributed by atoms with Crippen LogP contribution in [-0.2, 0) is 19.5 Å². The van der Waals surface area contributed by atoms with Crippen molar-refractivity contribution in [1.82, 2.24) is 14.1 Å². The van der Waals surface area contributed by atoms with Gasteiger partial charge >= 0.3 is 12.2 Å². The van der Waals surface area contributed by atoms with Crippen LogP contribution >= 0.6 is 0 Å². The van der Waals surface area contributed by atoms with Crippen LogP contribution in [0.25, 0.3) is 0 Å². The van der Waals surface area contributed by atoms with Gasteiger partial charge in [0.25, 0.3) is 0 Å². The lowest BCUT2D eigenvalue weighted by Gasteiger charge is -2.37. The number of piperidine rings is 3. The SMILES string of the molecule is COC(=O)N1CCCC(OC(=O)N2CCC(S(=O)(=O)N3CCC(C)CC3)CC2)C1. The fourth-order valence-electron chi connectivity index (χ4n) is 4.33. The summed E-state index contributed by atoms with van der Waals surface area (Å²) in [5.74, 6) is 0.577. The Morgan fingerprint density at radius 1 is 0.862 bits per heavy atom. The Bertz CT molecular complexity index is 684. The highest BCUT2D eigenvalue weighted by Gasteiger charge is 2.37. The van der Waals surface area contributed by atoms with Crippen LogP contribution in [0, 0.1) is 5.92 Å². The molecule has 0 aromatic rings. The van der Waals surface area contributed by atoms with E-state index < -0.39 is 27.5 Å². The lowest BCUT2D eigenvalue weighted by molar-refractivity contribution is 0.0181. The molecular formula is C19H33N3O6S. The maximum absolute atomic E-state index is 12.9. The molecule has 0 aromatic heterocycles. The van der Waals surface area contributed by atoms with E-state index in [-0.39, 0.29) is 6.10 Å². The van der Waals surface area contributed by atoms with E-state index in [1.807, 2.05) is 0 Å². The minimum absolute atomic E-state index is 0.330. The summed E-state index contributed by atoms with van der Waals surface area (Å²) in [6.07, 6.45) is 2.95. The normalized spacial score (nSPS) is 25.7. The number of methoxy groups -OCH3 is 1. The average molecular weight is 432 g/mol. The van der Waals surface area contributed by atoms with Crippen LogP contribution < -0.4 is 0 Å². The molecule has 1 atom stereocenters. The van der Waals surface area contributed by atoms with Crippen molar-refractivity contribution in [3.05, 3.63) is 0 Å². The van der Waals surface area contributed by atoms with Gasteiger partial charge in [0.2, 0.25) is 10.0 Å². The Morgan fingerprint density at radius 3 is 2.14 bits per heavy atom. The molecule has 1 unspecified atom stereocenters. The molecule has 3 fully saturated rings. The molecule has 0 bridgehead atoms. The maximum Gasteiger partial charge on any atom is 0.410 e. The molecule has 166 valence electrons. The lowest BCUT2D eigenvalue weighted by atomic mass is 10.0. The number of ether oxygens (including phenoxy) is 2. The summed E-state index contributed by atoms with van der Waals surface area (Å²) in [6, 6.07) is 0. The first-order chi connectivity index (χ1) is 13.8. The third-order valence-electron chi connectivity index (χ3n) is 6.30. The molecule has 2 amide bonds. The molecule has 3 aliphatic heterocycles. The van der Waals surface area contributed by atoms with Crippen molar-refractivity contribution >= 4 is 22.2 Å². The van der Waals surface area contributed by atoms with Gasteiger partial charge in [-0.1, -0.05) is 6.92 Å². The van der Waals surface area contributed by atoms with E-state index >= 15 is 0 Å². The zero-order valence-electron chi connectivity index (χ0n) is 17.4. The van der Waals surface area contributed by atoms with E-state index in [1.165, 1.54) is 7.11 Å². The molecular weight excluding hydrogens is 398 g/mol. The Balaban J connectivity index is 1.47. The van der Waals surface area contributed by atoms with Crippen LogP contribution in [0.3, 0.4) is 0 Å². The summed E-state index contributed by atoms with van der Waals surface area (Å²) >= 11 is 0. The molecule has 29 heavy (non-hydrogen) atoms. The monoisotopic (exact) mass is 431 g/mol. The van der Waals surface area contributed by atoms with E-state index in [1.54, 1.807) is 14.1 Å². The molecule has 0 spiro atoms. The highest BCUT2D eigenvalue weighted by Crippen LogP contribution is 2.26. The molecule has 3 saturated heterocycles. The number of amides is 2. The number of sulfonamides is 1. The van der Waals surface area contributed by atoms with Crippen LogP contribution in [-0.4, -0.2) is 92.4 Å². The van der Waals surface area contributed by atoms with Gasteiger partial charge in [-0.15, -0.1) is 0 Å². The number of rotatable bonds is 3. The summed E-state index contributed by atoms with van der Waals surface area (Å²) in [7, 11) is -1.97. The molecule has 3 heterocycles. The first kappa shape index (κ1) is 22.1. The summed E-state index contributed by atoms with van der Waals surface area (Å²) in [5.41, 5.74) is 0. The fourth-order valence-corrected chi connectivity index (χ4v) is 6.28. The Morgan fingerprint density at radius 2 is 1.52 bits per heavy atom. The van der Waals surface area contributed by atoms with Crippen molar-refractivity contribution in [2.75, 3.05) is 46.4 Å². The minimum Gasteiger partial charge on any atom is -0.453 e. The highest BCUT2D eigenvalue weighted by atomic mass is 32.2. The van der Waals surface area contributed by atoms with Gasteiger partial charge in [-0.05, 0) is 44.4 Å². The topological polar surface area (TPSA) is 96.5 Å². The van der Waals surface area contributed by atoms with E-state index in [2.05, 4.69) is 6.92 Å². The van der Waals surface area contributed by atoms with Gasteiger partial charge in [0.1, 0.15) is 6.10 Å². The van der Waals surface area contributed by atoms with Gasteiger partial charge in [-0.25, -0.2) is 22.3 Å². The van der Waals surface area contributed by atoms with E-state index in [9.17, 15) is 18.0 Å². The molecule has 3 aliphatic rings. The highest BCUT2D eigenvalue weighted by molar-refractivity contribution is 7.89. The molecule has 0 N–H and O–H groups in total. The first-order valence-corrected chi connectivity index (χ1v) is 12.1. The number of likely N-dealkylation sites (tertiary alicyclic amines) is 2. The van der Waals surface area contributed by atoms with Crippen LogP contribution in [0.5, 0.6) is 0 Å². The summed E-state index contributed by atoms with van der Waals surface area (Å²) in [5, 5.41) is -0.426. The lowest BCUT2D eigenvalue weighted by Crippen LogP contribution is -2.50. The molecule has 0 aromatic carbocycles. The van der Waals surface area contributed by atoms with Gasteiger partial charge in [0, 0.05) is 32.7 Å². The summed E-state index contributed by atoms with van der Waals surface area (Å²) in [4.78, 5) is 27.3. The van der Waals surface area contributed by atoms with Gasteiger partial charge in [0.15, 0.2) is 0 Å². The minimum atomic E-state index is -3.31. The summed E-state index contributed by atoms with van der Waals surface area (Å²) in [6.45, 7) is 5.04. The van der Waals surface area contributed by atoms with Gasteiger partial charge in [-0.2, -0.15) is 0 Å². The molecule has 9 nitrogen and oxygen atoms in total. The Labute approximate surface area is 173 Å². The van der Waals surface area contributed by atoms with Crippen LogP contribution in [0.15, 0.2) is 0 Å². The quantitative estimate of drug-likeness (QED) is 0.677. The van der Waals surface area contributed by atoms with Crippen LogP contribution in [0.4, 0.5) is 9.59 Å². The predicted octanol–water partition coefficient (Wildman–Crippen LogP) is 1.88. The Hall–Kier alpha value is -1.55. The fraction of sp³-hybridized carbons (Fsp3) is 0.895. The number of hydrogen-bond donors (Lipinski definition) is 0. The number of carbonyl (C=O) groups excluding carboxylic acids is 2. The molecule has 3 rings (SSSR count). The zero-order valence-corrected chi connectivity index (χ0v) is 18.2. The van der Waals surface area contributed by atoms with Gasteiger partial charge in [0.05, 0.1) is 18.9 Å². The number of carbonyl (C=O) groups is 2. The van der Waals surface area contributed by atoms with Crippen molar-refractivity contribution in [2.45, 2.75) is 56.8 Å². The smallest absolute Gasteiger partial charge is 0.410 e. The van der Waals surface area contributed by atoms with Gasteiger partial charge < -0.3 is 19.3 Å². The second-order valence-corrected chi connectivity index (χ2v) is 10.6. The van der Waals surface area contributed by atoms with E-state index in [4.69, 9.17) is 9.47 Å². The third kappa shape index (κ3) is 5.33. The average Bonchev–Trinajstić information content (AvgIpc) is 2.73. The zero-order chi connectivity index (χ0) is 21.0. The van der Waals surface area contributed by atoms with Crippen molar-refractivity contribution in [3.8, 4) is 0 Å². The van der Waals surface area contributed by atoms with Gasteiger partial charge in [-0.3, -0.25) is 0 Å². The van der Waals surface area contributed by atoms with Crippen molar-refractivity contribution in [1.29, 1.82) is 0 Å². The second kappa shape index (κ2) is 9.51. The standard InChI is InChI=1S/C19H33N3O6S/c1-15-5-12-22(13-6-15)29(25,26)17-7-10-20(11-8-17)19(24)28-16-4-3-9-21(14-16)18(23)27-2/h15-17H,3-14H2,1-2H3. The first-order valence-electron chi connectivity index (χ1n) is 10.6. The van der Waals surface area contributed by atoms with Crippen LogP contribution in [0.1, 0.15) is 45.4 Å². The Kier molecular flexibility index (Phi) is 7.26. The second-order valence-electron chi connectivity index (χ2n) is 8.38. The van der Waals surface area contributed by atoms with E-state index in [0.717, 1.165) is 19.3 Å². The largest absolute Gasteiger partial charge is 0.453 e. The third-order valence-corrected chi connectivity index (χ3v) is 8.70. The van der Waals surface area contributed by atoms with E-state index in [0.29, 0.717) is 64.4 Å².